The summed E-state index contributed by atoms with van der Waals surface area (Å²) in [7, 11) is 0. The Morgan fingerprint density at radius 2 is 2.08 bits per heavy atom. The number of pyridine rings is 1. The lowest BCUT2D eigenvalue weighted by atomic mass is 10.2. The van der Waals surface area contributed by atoms with E-state index in [-0.39, 0.29) is 12.5 Å². The average Bonchev–Trinajstić information content (AvgIpc) is 3.27. The summed E-state index contributed by atoms with van der Waals surface area (Å²) in [4.78, 5) is 21.8. The molecular weight excluding hydrogens is 319 g/mol. The molecule has 25 heavy (non-hydrogen) atoms. The zero-order valence-electron chi connectivity index (χ0n) is 13.4. The lowest BCUT2D eigenvalue weighted by molar-refractivity contribution is 0.0782. The Labute approximate surface area is 144 Å². The highest BCUT2D eigenvalue weighted by Crippen LogP contribution is 2.23. The molecule has 3 heterocycles. The van der Waals surface area contributed by atoms with Crippen LogP contribution in [0.25, 0.3) is 21.6 Å². The smallest absolute Gasteiger partial charge is 0.255 e. The Morgan fingerprint density at radius 3 is 2.76 bits per heavy atom. The van der Waals surface area contributed by atoms with Crippen molar-refractivity contribution in [1.82, 2.24) is 14.5 Å². The molecule has 0 aliphatic carbocycles. The van der Waals surface area contributed by atoms with Gasteiger partial charge in [-0.15, -0.1) is 0 Å². The molecule has 1 amide bonds. The standard InChI is InChI=1S/C19H15FN4O/c1-21-16-2-4-17(5-3-16)24-9-6-13-10-14(11-22-18(13)24)19(25)23-8-7-15(20)12-23/h2-6,9-11,15H,7-8,12H2. The van der Waals surface area contributed by atoms with Gasteiger partial charge in [0.25, 0.3) is 5.91 Å². The molecule has 124 valence electrons. The number of hydrogen-bond acceptors (Lipinski definition) is 2. The Balaban J connectivity index is 1.67. The number of fused-ring (bicyclic) bond motifs is 1. The Hall–Kier alpha value is -3.20. The fourth-order valence-corrected chi connectivity index (χ4v) is 3.12. The van der Waals surface area contributed by atoms with Crippen LogP contribution < -0.4 is 0 Å². The van der Waals surface area contributed by atoms with Crippen molar-refractivity contribution in [3.05, 3.63) is 65.8 Å². The molecule has 0 spiro atoms. The van der Waals surface area contributed by atoms with Crippen LogP contribution >= 0.6 is 0 Å². The Bertz CT molecular complexity index is 987. The predicted octanol–water partition coefficient (Wildman–Crippen LogP) is 3.76. The van der Waals surface area contributed by atoms with Crippen LogP contribution in [-0.2, 0) is 0 Å². The summed E-state index contributed by atoms with van der Waals surface area (Å²) >= 11 is 0. The van der Waals surface area contributed by atoms with Crippen LogP contribution in [0, 0.1) is 6.57 Å². The fourth-order valence-electron chi connectivity index (χ4n) is 3.12. The number of benzene rings is 1. The maximum absolute atomic E-state index is 13.3. The molecule has 5 nitrogen and oxygen atoms in total. The molecule has 4 rings (SSSR count). The van der Waals surface area contributed by atoms with Gasteiger partial charge in [0.15, 0.2) is 5.69 Å². The lowest BCUT2D eigenvalue weighted by Crippen LogP contribution is -2.29. The fraction of sp³-hybridized carbons (Fsp3) is 0.211. The highest BCUT2D eigenvalue weighted by atomic mass is 19.1. The van der Waals surface area contributed by atoms with Crippen LogP contribution in [0.4, 0.5) is 10.1 Å². The van der Waals surface area contributed by atoms with Gasteiger partial charge in [0, 0.05) is 30.0 Å². The second kappa shape index (κ2) is 6.02. The number of carbonyl (C=O) groups excluding carboxylic acids is 1. The summed E-state index contributed by atoms with van der Waals surface area (Å²) < 4.78 is 15.2. The van der Waals surface area contributed by atoms with Crippen molar-refractivity contribution in [1.29, 1.82) is 0 Å². The van der Waals surface area contributed by atoms with Crippen LogP contribution in [0.15, 0.2) is 48.8 Å². The first-order valence-electron chi connectivity index (χ1n) is 8.04. The van der Waals surface area contributed by atoms with Gasteiger partial charge >= 0.3 is 0 Å². The molecule has 0 bridgehead atoms. The molecule has 1 fully saturated rings. The minimum Gasteiger partial charge on any atom is -0.336 e. The first kappa shape index (κ1) is 15.3. The molecule has 0 radical (unpaired) electrons. The van der Waals surface area contributed by atoms with Crippen molar-refractivity contribution in [3.8, 4) is 5.69 Å². The molecule has 1 aliphatic rings. The van der Waals surface area contributed by atoms with E-state index >= 15 is 0 Å². The molecule has 0 saturated carbocycles. The van der Waals surface area contributed by atoms with Crippen molar-refractivity contribution in [3.63, 3.8) is 0 Å². The molecular formula is C19H15FN4O. The maximum atomic E-state index is 13.3. The number of halogens is 1. The van der Waals surface area contributed by atoms with E-state index < -0.39 is 6.17 Å². The second-order valence-corrected chi connectivity index (χ2v) is 6.09. The van der Waals surface area contributed by atoms with Gasteiger partial charge in [-0.1, -0.05) is 12.1 Å². The van der Waals surface area contributed by atoms with Gasteiger partial charge in [0.2, 0.25) is 0 Å². The third kappa shape index (κ3) is 2.74. The second-order valence-electron chi connectivity index (χ2n) is 6.09. The maximum Gasteiger partial charge on any atom is 0.255 e. The van der Waals surface area contributed by atoms with Gasteiger partial charge in [-0.3, -0.25) is 4.79 Å². The van der Waals surface area contributed by atoms with Gasteiger partial charge in [-0.2, -0.15) is 0 Å². The van der Waals surface area contributed by atoms with E-state index in [1.807, 2.05) is 29.0 Å². The van der Waals surface area contributed by atoms with Crippen LogP contribution in [0.1, 0.15) is 16.8 Å². The van der Waals surface area contributed by atoms with E-state index in [4.69, 9.17) is 6.57 Å². The van der Waals surface area contributed by atoms with Crippen LogP contribution in [-0.4, -0.2) is 39.6 Å². The van der Waals surface area contributed by atoms with Crippen molar-refractivity contribution in [2.75, 3.05) is 13.1 Å². The van der Waals surface area contributed by atoms with Crippen molar-refractivity contribution < 1.29 is 9.18 Å². The van der Waals surface area contributed by atoms with Crippen molar-refractivity contribution in [2.45, 2.75) is 12.6 Å². The molecule has 6 heteroatoms. The summed E-state index contributed by atoms with van der Waals surface area (Å²) in [6, 6.07) is 10.9. The number of rotatable bonds is 2. The molecule has 0 N–H and O–H groups in total. The molecule has 1 unspecified atom stereocenters. The topological polar surface area (TPSA) is 42.5 Å². The number of amides is 1. The van der Waals surface area contributed by atoms with Gasteiger partial charge in [-0.25, -0.2) is 14.2 Å². The number of carbonyl (C=O) groups is 1. The summed E-state index contributed by atoms with van der Waals surface area (Å²) in [6.07, 6.45) is 2.89. The van der Waals surface area contributed by atoms with E-state index in [1.165, 1.54) is 4.90 Å². The highest BCUT2D eigenvalue weighted by molar-refractivity contribution is 5.97. The first-order valence-corrected chi connectivity index (χ1v) is 8.04. The number of aromatic nitrogens is 2. The lowest BCUT2D eigenvalue weighted by Gasteiger charge is -2.15. The largest absolute Gasteiger partial charge is 0.336 e. The summed E-state index contributed by atoms with van der Waals surface area (Å²) in [6.45, 7) is 7.62. The zero-order chi connectivity index (χ0) is 17.4. The first-order chi connectivity index (χ1) is 12.2. The van der Waals surface area contributed by atoms with E-state index in [0.717, 1.165) is 16.7 Å². The molecule has 3 aromatic rings. The number of likely N-dealkylation sites (tertiary alicyclic amines) is 1. The SMILES string of the molecule is [C-]#[N+]c1ccc(-n2ccc3cc(C(=O)N4CCC(F)C4)cnc32)cc1. The molecule has 1 aliphatic heterocycles. The third-order valence-electron chi connectivity index (χ3n) is 4.45. The quantitative estimate of drug-likeness (QED) is 0.670. The van der Waals surface area contributed by atoms with Gasteiger partial charge in [0.1, 0.15) is 11.8 Å². The summed E-state index contributed by atoms with van der Waals surface area (Å²) in [5.74, 6) is -0.177. The Kier molecular flexibility index (Phi) is 3.69. The number of hydrogen-bond donors (Lipinski definition) is 0. The van der Waals surface area contributed by atoms with E-state index in [2.05, 4.69) is 9.83 Å². The minimum atomic E-state index is -0.930. The van der Waals surface area contributed by atoms with Crippen LogP contribution in [0.3, 0.4) is 0 Å². The average molecular weight is 334 g/mol. The van der Waals surface area contributed by atoms with E-state index in [1.54, 1.807) is 24.4 Å². The van der Waals surface area contributed by atoms with Crippen molar-refractivity contribution >= 4 is 22.6 Å². The van der Waals surface area contributed by atoms with Crippen molar-refractivity contribution in [2.24, 2.45) is 0 Å². The van der Waals surface area contributed by atoms with Gasteiger partial charge in [0.05, 0.1) is 18.7 Å². The normalized spacial score (nSPS) is 17.0. The predicted molar refractivity (Wildman–Crippen MR) is 92.7 cm³/mol. The van der Waals surface area contributed by atoms with Gasteiger partial charge < -0.3 is 9.47 Å². The summed E-state index contributed by atoms with van der Waals surface area (Å²) in [5, 5.41) is 0.844. The monoisotopic (exact) mass is 334 g/mol. The number of nitrogens with zero attached hydrogens (tertiary/aromatic N) is 4. The van der Waals surface area contributed by atoms with Crippen LogP contribution in [0.5, 0.6) is 0 Å². The van der Waals surface area contributed by atoms with Crippen LogP contribution in [0.2, 0.25) is 0 Å². The molecule has 1 aromatic carbocycles. The zero-order valence-corrected chi connectivity index (χ0v) is 13.4. The Morgan fingerprint density at radius 1 is 1.28 bits per heavy atom. The third-order valence-corrected chi connectivity index (χ3v) is 4.45. The number of alkyl halides is 1. The van der Waals surface area contributed by atoms with E-state index in [9.17, 15) is 9.18 Å². The highest BCUT2D eigenvalue weighted by Gasteiger charge is 2.27. The molecule has 1 saturated heterocycles. The molecule has 1 atom stereocenters. The van der Waals surface area contributed by atoms with E-state index in [0.29, 0.717) is 24.2 Å². The molecule has 2 aromatic heterocycles. The summed E-state index contributed by atoms with van der Waals surface area (Å²) in [5.41, 5.74) is 2.69. The minimum absolute atomic E-state index is 0.158. The van der Waals surface area contributed by atoms with Gasteiger partial charge in [-0.05, 0) is 30.7 Å².